The van der Waals surface area contributed by atoms with Crippen LogP contribution in [0.2, 0.25) is 0 Å². The van der Waals surface area contributed by atoms with Gasteiger partial charge in [-0.25, -0.2) is 9.78 Å². The quantitative estimate of drug-likeness (QED) is 0.470. The molecular formula is C22H25N5O4. The number of hydrogen-bond acceptors (Lipinski definition) is 6. The van der Waals surface area contributed by atoms with Gasteiger partial charge in [-0.2, -0.15) is 0 Å². The maximum Gasteiger partial charge on any atom is 0.408 e. The molecule has 0 aliphatic heterocycles. The molecule has 0 fully saturated rings. The number of aromatic nitrogens is 3. The number of carbonyl (C=O) groups is 1. The smallest absolute Gasteiger partial charge is 0.408 e. The lowest BCUT2D eigenvalue weighted by molar-refractivity contribution is -0.384. The number of amides is 1. The highest BCUT2D eigenvalue weighted by Gasteiger charge is 2.25. The average Bonchev–Trinajstić information content (AvgIpc) is 3.08. The topological polar surface area (TPSA) is 112 Å². The Morgan fingerprint density at radius 1 is 1.19 bits per heavy atom. The van der Waals surface area contributed by atoms with Crippen LogP contribution >= 0.6 is 0 Å². The van der Waals surface area contributed by atoms with Crippen LogP contribution < -0.4 is 5.32 Å². The van der Waals surface area contributed by atoms with Gasteiger partial charge in [-0.05, 0) is 45.0 Å². The zero-order valence-electron chi connectivity index (χ0n) is 17.9. The zero-order valence-corrected chi connectivity index (χ0v) is 17.9. The number of hydrogen-bond donors (Lipinski definition) is 1. The van der Waals surface area contributed by atoms with Crippen molar-refractivity contribution in [3.05, 3.63) is 76.5 Å². The van der Waals surface area contributed by atoms with Gasteiger partial charge in [0.2, 0.25) is 0 Å². The third kappa shape index (κ3) is 5.65. The van der Waals surface area contributed by atoms with Crippen molar-refractivity contribution in [2.24, 2.45) is 7.05 Å². The molecule has 3 aromatic rings. The van der Waals surface area contributed by atoms with E-state index in [9.17, 15) is 14.9 Å². The summed E-state index contributed by atoms with van der Waals surface area (Å²) in [4.78, 5) is 31.8. The number of ether oxygens (including phenoxy) is 1. The first-order valence-corrected chi connectivity index (χ1v) is 9.80. The summed E-state index contributed by atoms with van der Waals surface area (Å²) >= 11 is 0. The number of nitro groups is 1. The van der Waals surface area contributed by atoms with E-state index in [1.807, 2.05) is 29.8 Å². The number of nitrogens with one attached hydrogen (secondary N) is 1. The fourth-order valence-corrected chi connectivity index (χ4v) is 3.15. The fourth-order valence-electron chi connectivity index (χ4n) is 3.15. The van der Waals surface area contributed by atoms with E-state index >= 15 is 0 Å². The number of rotatable bonds is 6. The largest absolute Gasteiger partial charge is 0.444 e. The summed E-state index contributed by atoms with van der Waals surface area (Å²) in [6.45, 7) is 5.40. The van der Waals surface area contributed by atoms with Crippen LogP contribution in [0.25, 0.3) is 11.3 Å². The fraction of sp³-hybridized carbons (Fsp3) is 0.318. The molecule has 1 unspecified atom stereocenters. The molecule has 1 amide bonds. The van der Waals surface area contributed by atoms with E-state index in [4.69, 9.17) is 4.74 Å². The van der Waals surface area contributed by atoms with Crippen molar-refractivity contribution in [2.45, 2.75) is 38.8 Å². The van der Waals surface area contributed by atoms with Crippen molar-refractivity contribution in [3.8, 4) is 11.3 Å². The summed E-state index contributed by atoms with van der Waals surface area (Å²) in [6.07, 6.45) is 3.25. The Labute approximate surface area is 180 Å². The van der Waals surface area contributed by atoms with Crippen LogP contribution in [-0.4, -0.2) is 31.2 Å². The highest BCUT2D eigenvalue weighted by molar-refractivity contribution is 5.68. The molecule has 9 heteroatoms. The van der Waals surface area contributed by atoms with Gasteiger partial charge in [0, 0.05) is 43.1 Å². The molecule has 1 atom stereocenters. The molecule has 9 nitrogen and oxygen atoms in total. The van der Waals surface area contributed by atoms with Gasteiger partial charge in [0.05, 0.1) is 22.9 Å². The Hall–Kier alpha value is -3.75. The number of pyridine rings is 1. The average molecular weight is 423 g/mol. The molecule has 0 bridgehead atoms. The van der Waals surface area contributed by atoms with E-state index in [1.54, 1.807) is 45.3 Å². The van der Waals surface area contributed by atoms with Gasteiger partial charge in [-0.1, -0.05) is 6.07 Å². The van der Waals surface area contributed by atoms with Gasteiger partial charge in [-0.3, -0.25) is 15.1 Å². The van der Waals surface area contributed by atoms with Crippen molar-refractivity contribution < 1.29 is 14.5 Å². The van der Waals surface area contributed by atoms with Crippen LogP contribution in [0.15, 0.2) is 54.9 Å². The molecule has 0 saturated carbocycles. The Morgan fingerprint density at radius 2 is 1.90 bits per heavy atom. The van der Waals surface area contributed by atoms with Crippen LogP contribution in [-0.2, 0) is 18.2 Å². The molecule has 1 aromatic carbocycles. The van der Waals surface area contributed by atoms with Crippen LogP contribution in [0.4, 0.5) is 10.5 Å². The number of imidazole rings is 1. The summed E-state index contributed by atoms with van der Waals surface area (Å²) in [5, 5.41) is 13.8. The lowest BCUT2D eigenvalue weighted by Crippen LogP contribution is -2.36. The molecule has 2 heterocycles. The van der Waals surface area contributed by atoms with Crippen molar-refractivity contribution in [1.82, 2.24) is 19.9 Å². The number of nitro benzene ring substituents is 1. The summed E-state index contributed by atoms with van der Waals surface area (Å²) in [7, 11) is 1.83. The number of alkyl carbamates (subject to hydrolysis) is 1. The van der Waals surface area contributed by atoms with Gasteiger partial charge in [0.25, 0.3) is 5.69 Å². The third-order valence-electron chi connectivity index (χ3n) is 4.54. The standard InChI is InChI=1S/C22H25N5O4/c1-22(2,3)31-21(28)25-18(13-16-7-5-6-12-23-16)20-24-14-19(26(20)4)15-8-10-17(11-9-15)27(29)30/h5-12,14,18H,13H2,1-4H3,(H,25,28). The van der Waals surface area contributed by atoms with E-state index < -0.39 is 22.7 Å². The number of benzene rings is 1. The molecule has 0 aliphatic carbocycles. The maximum atomic E-state index is 12.5. The van der Waals surface area contributed by atoms with Crippen LogP contribution in [0, 0.1) is 10.1 Å². The number of non-ortho nitro benzene ring substituents is 1. The predicted molar refractivity (Wildman–Crippen MR) is 115 cm³/mol. The van der Waals surface area contributed by atoms with E-state index in [0.29, 0.717) is 12.2 Å². The molecule has 0 aliphatic rings. The first-order chi connectivity index (χ1) is 14.6. The Morgan fingerprint density at radius 3 is 2.48 bits per heavy atom. The van der Waals surface area contributed by atoms with Gasteiger partial charge >= 0.3 is 6.09 Å². The SMILES string of the molecule is Cn1c(-c2ccc([N+](=O)[O-])cc2)cnc1C(Cc1ccccn1)NC(=O)OC(C)(C)C. The minimum absolute atomic E-state index is 0.0192. The number of nitrogens with zero attached hydrogens (tertiary/aromatic N) is 4. The van der Waals surface area contributed by atoms with E-state index in [2.05, 4.69) is 15.3 Å². The second-order valence-corrected chi connectivity index (χ2v) is 8.09. The van der Waals surface area contributed by atoms with E-state index in [0.717, 1.165) is 17.0 Å². The van der Waals surface area contributed by atoms with Gasteiger partial charge in [0.15, 0.2) is 0 Å². The Kier molecular flexibility index (Phi) is 6.33. The zero-order chi connectivity index (χ0) is 22.6. The molecule has 1 N–H and O–H groups in total. The maximum absolute atomic E-state index is 12.5. The highest BCUT2D eigenvalue weighted by Crippen LogP contribution is 2.26. The molecule has 0 spiro atoms. The molecule has 0 radical (unpaired) electrons. The van der Waals surface area contributed by atoms with Crippen LogP contribution in [0.1, 0.15) is 38.3 Å². The van der Waals surface area contributed by atoms with Gasteiger partial charge < -0.3 is 14.6 Å². The summed E-state index contributed by atoms with van der Waals surface area (Å²) in [5.41, 5.74) is 1.72. The van der Waals surface area contributed by atoms with Gasteiger partial charge in [-0.15, -0.1) is 0 Å². The number of carbonyl (C=O) groups excluding carboxylic acids is 1. The van der Waals surface area contributed by atoms with Crippen LogP contribution in [0.5, 0.6) is 0 Å². The molecule has 31 heavy (non-hydrogen) atoms. The van der Waals surface area contributed by atoms with Crippen molar-refractivity contribution in [3.63, 3.8) is 0 Å². The minimum Gasteiger partial charge on any atom is -0.444 e. The summed E-state index contributed by atoms with van der Waals surface area (Å²) in [6, 6.07) is 11.4. The van der Waals surface area contributed by atoms with Crippen molar-refractivity contribution in [2.75, 3.05) is 0 Å². The Balaban J connectivity index is 1.91. The molecule has 2 aromatic heterocycles. The van der Waals surface area contributed by atoms with Gasteiger partial charge in [0.1, 0.15) is 11.4 Å². The highest BCUT2D eigenvalue weighted by atomic mass is 16.6. The van der Waals surface area contributed by atoms with E-state index in [1.165, 1.54) is 12.1 Å². The first-order valence-electron chi connectivity index (χ1n) is 9.80. The van der Waals surface area contributed by atoms with E-state index in [-0.39, 0.29) is 5.69 Å². The van der Waals surface area contributed by atoms with Crippen molar-refractivity contribution in [1.29, 1.82) is 0 Å². The summed E-state index contributed by atoms with van der Waals surface area (Å²) < 4.78 is 7.28. The van der Waals surface area contributed by atoms with Crippen molar-refractivity contribution >= 4 is 11.8 Å². The van der Waals surface area contributed by atoms with Crippen LogP contribution in [0.3, 0.4) is 0 Å². The molecule has 162 valence electrons. The second-order valence-electron chi connectivity index (χ2n) is 8.09. The normalized spacial score (nSPS) is 12.3. The molecule has 3 rings (SSSR count). The molecule has 0 saturated heterocycles. The monoisotopic (exact) mass is 423 g/mol. The predicted octanol–water partition coefficient (Wildman–Crippen LogP) is 4.20. The lowest BCUT2D eigenvalue weighted by Gasteiger charge is -2.23. The lowest BCUT2D eigenvalue weighted by atomic mass is 10.1. The third-order valence-corrected chi connectivity index (χ3v) is 4.54. The first kappa shape index (κ1) is 21.9. The minimum atomic E-state index is -0.634. The second kappa shape index (κ2) is 8.95. The Bertz CT molecular complexity index is 1060. The molecular weight excluding hydrogens is 398 g/mol. The summed E-state index contributed by atoms with van der Waals surface area (Å²) in [5.74, 6) is 0.616.